The van der Waals surface area contributed by atoms with Crippen LogP contribution >= 0.6 is 0 Å². The molecule has 0 aliphatic heterocycles. The number of esters is 1. The third kappa shape index (κ3) is 5.14. The molecule has 0 aliphatic carbocycles. The Morgan fingerprint density at radius 3 is 2.31 bits per heavy atom. The van der Waals surface area contributed by atoms with E-state index in [9.17, 15) is 9.59 Å². The summed E-state index contributed by atoms with van der Waals surface area (Å²) in [6.07, 6.45) is 1.84. The lowest BCUT2D eigenvalue weighted by atomic mass is 10.0. The van der Waals surface area contributed by atoms with E-state index in [2.05, 4.69) is 0 Å². The Hall–Kier alpha value is -1.06. The molecule has 1 unspecified atom stereocenters. The number of likely N-dealkylation sites (N-methyl/N-ethyl adjacent to an activating group) is 1. The molecule has 0 aromatic heterocycles. The highest BCUT2D eigenvalue weighted by molar-refractivity contribution is 5.83. The van der Waals surface area contributed by atoms with Crippen LogP contribution in [0.5, 0.6) is 0 Å². The van der Waals surface area contributed by atoms with Crippen molar-refractivity contribution in [3.8, 4) is 0 Å². The van der Waals surface area contributed by atoms with Crippen LogP contribution in [0.15, 0.2) is 0 Å². The summed E-state index contributed by atoms with van der Waals surface area (Å²) in [6, 6.07) is 0. The van der Waals surface area contributed by atoms with E-state index in [1.165, 1.54) is 0 Å². The molecule has 0 heterocycles. The lowest BCUT2D eigenvalue weighted by Gasteiger charge is -2.23. The van der Waals surface area contributed by atoms with Gasteiger partial charge < -0.3 is 9.64 Å². The lowest BCUT2D eigenvalue weighted by Crippen LogP contribution is -2.39. The smallest absolute Gasteiger partial charge is 0.325 e. The minimum Gasteiger partial charge on any atom is -0.465 e. The number of carbonyl (C=O) groups excluding carboxylic acids is 2. The summed E-state index contributed by atoms with van der Waals surface area (Å²) in [6.45, 7) is 8.55. The second-order valence-electron chi connectivity index (χ2n) is 3.85. The van der Waals surface area contributed by atoms with Crippen molar-refractivity contribution in [1.82, 2.24) is 4.90 Å². The summed E-state index contributed by atoms with van der Waals surface area (Å²) in [5, 5.41) is 0. The predicted octanol–water partition coefficient (Wildman–Crippen LogP) is 1.83. The van der Waals surface area contributed by atoms with Gasteiger partial charge in [0.15, 0.2) is 0 Å². The van der Waals surface area contributed by atoms with Gasteiger partial charge in [0.25, 0.3) is 0 Å². The fourth-order valence-electron chi connectivity index (χ4n) is 1.58. The second kappa shape index (κ2) is 8.13. The van der Waals surface area contributed by atoms with Gasteiger partial charge in [-0.1, -0.05) is 20.3 Å². The van der Waals surface area contributed by atoms with Crippen LogP contribution in [0.2, 0.25) is 0 Å². The van der Waals surface area contributed by atoms with Crippen LogP contribution in [0.4, 0.5) is 0 Å². The largest absolute Gasteiger partial charge is 0.465 e. The van der Waals surface area contributed by atoms with Gasteiger partial charge in [0.05, 0.1) is 6.61 Å². The number of ether oxygens (including phenoxy) is 1. The fourth-order valence-corrected chi connectivity index (χ4v) is 1.58. The summed E-state index contributed by atoms with van der Waals surface area (Å²) >= 11 is 0. The molecular weight excluding hydrogens is 206 g/mol. The fraction of sp³-hybridized carbons (Fsp3) is 0.833. The van der Waals surface area contributed by atoms with Gasteiger partial charge in [-0.15, -0.1) is 0 Å². The Morgan fingerprint density at radius 2 is 1.88 bits per heavy atom. The van der Waals surface area contributed by atoms with Crippen LogP contribution in [0, 0.1) is 5.92 Å². The molecule has 0 aromatic carbocycles. The molecule has 1 atom stereocenters. The Kier molecular flexibility index (Phi) is 7.60. The number of hydrogen-bond acceptors (Lipinski definition) is 3. The van der Waals surface area contributed by atoms with E-state index < -0.39 is 0 Å². The SMILES string of the molecule is CCCC(C)C(=O)N(CC)CC(=O)OCC. The maximum absolute atomic E-state index is 11.9. The van der Waals surface area contributed by atoms with Crippen molar-refractivity contribution in [2.75, 3.05) is 19.7 Å². The molecule has 1 amide bonds. The van der Waals surface area contributed by atoms with Crippen LogP contribution in [0.1, 0.15) is 40.5 Å². The van der Waals surface area contributed by atoms with Gasteiger partial charge in [0.1, 0.15) is 6.54 Å². The van der Waals surface area contributed by atoms with E-state index in [1.807, 2.05) is 20.8 Å². The molecule has 16 heavy (non-hydrogen) atoms. The maximum atomic E-state index is 11.9. The molecule has 4 heteroatoms. The second-order valence-corrected chi connectivity index (χ2v) is 3.85. The van der Waals surface area contributed by atoms with Gasteiger partial charge >= 0.3 is 5.97 Å². The minimum atomic E-state index is -0.332. The zero-order valence-electron chi connectivity index (χ0n) is 10.8. The van der Waals surface area contributed by atoms with Crippen molar-refractivity contribution < 1.29 is 14.3 Å². The molecule has 0 saturated heterocycles. The summed E-state index contributed by atoms with van der Waals surface area (Å²) in [5.41, 5.74) is 0. The Bertz CT molecular complexity index is 228. The summed E-state index contributed by atoms with van der Waals surface area (Å²) < 4.78 is 4.83. The zero-order chi connectivity index (χ0) is 12.6. The quantitative estimate of drug-likeness (QED) is 0.626. The van der Waals surface area contributed by atoms with Gasteiger partial charge in [-0.3, -0.25) is 9.59 Å². The first-order valence-corrected chi connectivity index (χ1v) is 6.01. The standard InChI is InChI=1S/C12H23NO3/c1-5-8-10(4)12(15)13(6-2)9-11(14)16-7-3/h10H,5-9H2,1-4H3. The van der Waals surface area contributed by atoms with Crippen molar-refractivity contribution in [2.24, 2.45) is 5.92 Å². The molecule has 0 rings (SSSR count). The number of nitrogens with zero attached hydrogens (tertiary/aromatic N) is 1. The Balaban J connectivity index is 4.26. The van der Waals surface area contributed by atoms with Gasteiger partial charge in [-0.05, 0) is 20.3 Å². The molecule has 0 radical (unpaired) electrons. The van der Waals surface area contributed by atoms with Crippen molar-refractivity contribution >= 4 is 11.9 Å². The molecular formula is C12H23NO3. The highest BCUT2D eigenvalue weighted by atomic mass is 16.5. The van der Waals surface area contributed by atoms with Gasteiger partial charge in [0.2, 0.25) is 5.91 Å². The molecule has 94 valence electrons. The zero-order valence-corrected chi connectivity index (χ0v) is 10.8. The number of carbonyl (C=O) groups is 2. The molecule has 0 bridgehead atoms. The van der Waals surface area contributed by atoms with Crippen LogP contribution in [-0.4, -0.2) is 36.5 Å². The van der Waals surface area contributed by atoms with E-state index in [0.29, 0.717) is 13.2 Å². The molecule has 4 nitrogen and oxygen atoms in total. The Morgan fingerprint density at radius 1 is 1.25 bits per heavy atom. The van der Waals surface area contributed by atoms with E-state index in [0.717, 1.165) is 12.8 Å². The first kappa shape index (κ1) is 14.9. The minimum absolute atomic E-state index is 0.0145. The van der Waals surface area contributed by atoms with Crippen LogP contribution in [0.25, 0.3) is 0 Å². The molecule has 0 saturated carbocycles. The van der Waals surface area contributed by atoms with Crippen LogP contribution in [0.3, 0.4) is 0 Å². The van der Waals surface area contributed by atoms with Crippen molar-refractivity contribution in [3.63, 3.8) is 0 Å². The number of hydrogen-bond donors (Lipinski definition) is 0. The lowest BCUT2D eigenvalue weighted by molar-refractivity contribution is -0.150. The van der Waals surface area contributed by atoms with E-state index in [1.54, 1.807) is 11.8 Å². The van der Waals surface area contributed by atoms with Crippen molar-refractivity contribution in [3.05, 3.63) is 0 Å². The number of amides is 1. The Labute approximate surface area is 98.0 Å². The molecule has 0 aromatic rings. The molecule has 0 spiro atoms. The average molecular weight is 229 g/mol. The van der Waals surface area contributed by atoms with Crippen LogP contribution < -0.4 is 0 Å². The van der Waals surface area contributed by atoms with Crippen molar-refractivity contribution in [1.29, 1.82) is 0 Å². The average Bonchev–Trinajstić information content (AvgIpc) is 2.25. The summed E-state index contributed by atoms with van der Waals surface area (Å²) in [4.78, 5) is 24.8. The molecule has 0 fully saturated rings. The van der Waals surface area contributed by atoms with E-state index in [4.69, 9.17) is 4.74 Å². The first-order valence-electron chi connectivity index (χ1n) is 6.01. The first-order chi connectivity index (χ1) is 7.56. The highest BCUT2D eigenvalue weighted by Gasteiger charge is 2.20. The summed E-state index contributed by atoms with van der Waals surface area (Å²) in [7, 11) is 0. The summed E-state index contributed by atoms with van der Waals surface area (Å²) in [5.74, 6) is -0.307. The van der Waals surface area contributed by atoms with Gasteiger partial charge in [-0.2, -0.15) is 0 Å². The van der Waals surface area contributed by atoms with E-state index in [-0.39, 0.29) is 24.3 Å². The predicted molar refractivity (Wildman–Crippen MR) is 63.0 cm³/mol. The monoisotopic (exact) mass is 229 g/mol. The molecule has 0 N–H and O–H groups in total. The van der Waals surface area contributed by atoms with Crippen LogP contribution in [-0.2, 0) is 14.3 Å². The third-order valence-electron chi connectivity index (χ3n) is 2.46. The third-order valence-corrected chi connectivity index (χ3v) is 2.46. The molecule has 0 aliphatic rings. The number of rotatable bonds is 7. The highest BCUT2D eigenvalue weighted by Crippen LogP contribution is 2.09. The van der Waals surface area contributed by atoms with E-state index >= 15 is 0 Å². The van der Waals surface area contributed by atoms with Crippen molar-refractivity contribution in [2.45, 2.75) is 40.5 Å². The van der Waals surface area contributed by atoms with Gasteiger partial charge in [0, 0.05) is 12.5 Å². The normalized spacial score (nSPS) is 12.0. The topological polar surface area (TPSA) is 46.6 Å². The maximum Gasteiger partial charge on any atom is 0.325 e. The van der Waals surface area contributed by atoms with Gasteiger partial charge in [-0.25, -0.2) is 0 Å².